The number of benzene rings is 2. The van der Waals surface area contributed by atoms with Crippen molar-refractivity contribution in [3.8, 4) is 34.3 Å². The van der Waals surface area contributed by atoms with E-state index in [1.807, 2.05) is 0 Å². The summed E-state index contributed by atoms with van der Waals surface area (Å²) in [6.07, 6.45) is 3.14. The van der Waals surface area contributed by atoms with Crippen LogP contribution in [0.1, 0.15) is 29.8 Å². The number of aromatic hydroxyl groups is 2. The van der Waals surface area contributed by atoms with Crippen molar-refractivity contribution in [2.45, 2.75) is 25.3 Å². The number of carbonyl (C=O) groups is 1. The third-order valence-electron chi connectivity index (χ3n) is 5.66. The molecule has 0 spiro atoms. The Balaban J connectivity index is 0.00000324. The van der Waals surface area contributed by atoms with Gasteiger partial charge in [-0.3, -0.25) is 4.79 Å². The molecule has 0 aliphatic carbocycles. The third-order valence-corrected chi connectivity index (χ3v) is 5.66. The third kappa shape index (κ3) is 5.50. The molecular formula is C23H25N4O7-. The summed E-state index contributed by atoms with van der Waals surface area (Å²) in [6, 6.07) is 10.2. The Labute approximate surface area is 195 Å². The van der Waals surface area contributed by atoms with Crippen LogP contribution in [0.4, 0.5) is 5.69 Å². The first kappa shape index (κ1) is 24.7. The number of phenolic OH excluding ortho intramolecular Hbond substituents is 2. The standard InChI is InChI=1S/C23H24N4O6.H2O/c1-27-10-2-3-15(27)8-9-24-23(30)18-13-21(33-26-18)22-19(29)11-16(28)12-20(22)32-17-6-4-14(25-31)5-7-17;/h4-7,11-13,15,28-29H,2-3,8-10H2,1H3,(H,24,30);1H2/p-1. The maximum absolute atomic E-state index is 12.5. The van der Waals surface area contributed by atoms with Gasteiger partial charge in [0.2, 0.25) is 0 Å². The quantitative estimate of drug-likeness (QED) is 0.413. The highest BCUT2D eigenvalue weighted by atomic mass is 16.5. The van der Waals surface area contributed by atoms with E-state index in [9.17, 15) is 19.9 Å². The number of hydrogen-bond donors (Lipinski definition) is 3. The van der Waals surface area contributed by atoms with Crippen LogP contribution in [0.3, 0.4) is 0 Å². The molecule has 1 amide bonds. The molecule has 0 saturated carbocycles. The lowest BCUT2D eigenvalue weighted by Crippen LogP contribution is -2.31. The second-order valence-corrected chi connectivity index (χ2v) is 7.92. The lowest BCUT2D eigenvalue weighted by molar-refractivity contribution is 0.0941. The van der Waals surface area contributed by atoms with E-state index >= 15 is 0 Å². The number of nitrogens with zero attached hydrogens (tertiary/aromatic N) is 3. The fraction of sp³-hybridized carbons (Fsp3) is 0.304. The van der Waals surface area contributed by atoms with E-state index in [-0.39, 0.29) is 51.3 Å². The number of hydrogen-bond acceptors (Lipinski definition) is 10. The highest BCUT2D eigenvalue weighted by Gasteiger charge is 2.23. The molecule has 1 saturated heterocycles. The van der Waals surface area contributed by atoms with E-state index < -0.39 is 0 Å². The summed E-state index contributed by atoms with van der Waals surface area (Å²) < 4.78 is 11.1. The summed E-state index contributed by atoms with van der Waals surface area (Å²) in [5.41, 5.74) is 0.404. The van der Waals surface area contributed by atoms with Gasteiger partial charge in [0.05, 0.1) is 0 Å². The molecule has 1 unspecified atom stereocenters. The number of aromatic nitrogens is 1. The highest BCUT2D eigenvalue weighted by Crippen LogP contribution is 2.43. The molecule has 4 rings (SSSR count). The number of likely N-dealkylation sites (tertiary alicyclic amines) is 1. The van der Waals surface area contributed by atoms with Gasteiger partial charge < -0.3 is 35.2 Å². The van der Waals surface area contributed by atoms with Crippen LogP contribution >= 0.6 is 0 Å². The van der Waals surface area contributed by atoms with E-state index in [0.717, 1.165) is 25.5 Å². The van der Waals surface area contributed by atoms with Crippen molar-refractivity contribution in [3.05, 3.63) is 53.1 Å². The predicted molar refractivity (Wildman–Crippen MR) is 122 cm³/mol. The molecule has 0 radical (unpaired) electrons. The van der Waals surface area contributed by atoms with Gasteiger partial charge in [-0.05, 0) is 62.3 Å². The Morgan fingerprint density at radius 3 is 2.71 bits per heavy atom. The Morgan fingerprint density at radius 2 is 2.03 bits per heavy atom. The van der Waals surface area contributed by atoms with Crippen molar-refractivity contribution in [2.24, 2.45) is 5.18 Å². The average Bonchev–Trinajstić information content (AvgIpc) is 3.43. The summed E-state index contributed by atoms with van der Waals surface area (Å²) >= 11 is 0. The van der Waals surface area contributed by atoms with Crippen LogP contribution in [0, 0.1) is 4.91 Å². The van der Waals surface area contributed by atoms with Crippen LogP contribution in [0.2, 0.25) is 0 Å². The van der Waals surface area contributed by atoms with E-state index in [0.29, 0.717) is 18.3 Å². The molecule has 11 nitrogen and oxygen atoms in total. The summed E-state index contributed by atoms with van der Waals surface area (Å²) in [5.74, 6) is -0.428. The van der Waals surface area contributed by atoms with Crippen LogP contribution < -0.4 is 10.1 Å². The number of phenols is 2. The Hall–Kier alpha value is -3.96. The fourth-order valence-corrected chi connectivity index (χ4v) is 3.90. The minimum Gasteiger partial charge on any atom is -0.870 e. The zero-order valence-corrected chi connectivity index (χ0v) is 18.5. The second kappa shape index (κ2) is 10.8. The molecule has 1 fully saturated rings. The first-order chi connectivity index (χ1) is 15.9. The van der Waals surface area contributed by atoms with Crippen LogP contribution in [0.25, 0.3) is 11.3 Å². The number of ether oxygens (including phenoxy) is 1. The van der Waals surface area contributed by atoms with E-state index in [1.165, 1.54) is 42.8 Å². The molecule has 11 heteroatoms. The van der Waals surface area contributed by atoms with Crippen molar-refractivity contribution in [3.63, 3.8) is 0 Å². The van der Waals surface area contributed by atoms with Gasteiger partial charge in [-0.1, -0.05) is 5.16 Å². The summed E-state index contributed by atoms with van der Waals surface area (Å²) in [4.78, 5) is 25.4. The zero-order valence-electron chi connectivity index (χ0n) is 18.5. The molecule has 34 heavy (non-hydrogen) atoms. The smallest absolute Gasteiger partial charge is 0.273 e. The molecule has 3 aromatic rings. The molecule has 1 aromatic heterocycles. The molecule has 2 aromatic carbocycles. The number of amides is 1. The SMILES string of the molecule is CN1CCCC1CCNC(=O)c1cc(-c2c(O)cc(O)cc2Oc2ccc(N=O)cc2)on1.[OH-]. The largest absolute Gasteiger partial charge is 0.870 e. The van der Waals surface area contributed by atoms with Crippen molar-refractivity contribution >= 4 is 11.6 Å². The maximum Gasteiger partial charge on any atom is 0.273 e. The van der Waals surface area contributed by atoms with Crippen LogP contribution in [-0.4, -0.2) is 57.8 Å². The zero-order chi connectivity index (χ0) is 23.4. The van der Waals surface area contributed by atoms with Gasteiger partial charge in [-0.25, -0.2) is 0 Å². The number of nitroso groups, excluding NO2 is 1. The second-order valence-electron chi connectivity index (χ2n) is 7.92. The van der Waals surface area contributed by atoms with E-state index in [2.05, 4.69) is 27.6 Å². The van der Waals surface area contributed by atoms with E-state index in [4.69, 9.17) is 9.26 Å². The average molecular weight is 469 g/mol. The monoisotopic (exact) mass is 469 g/mol. The van der Waals surface area contributed by atoms with Crippen molar-refractivity contribution in [2.75, 3.05) is 20.1 Å². The van der Waals surface area contributed by atoms with Gasteiger partial charge in [-0.2, -0.15) is 0 Å². The molecule has 0 bridgehead atoms. The first-order valence-electron chi connectivity index (χ1n) is 10.6. The number of rotatable bonds is 8. The highest BCUT2D eigenvalue weighted by molar-refractivity contribution is 5.93. The summed E-state index contributed by atoms with van der Waals surface area (Å²) in [6.45, 7) is 1.59. The minimum absolute atomic E-state index is 0. The Bertz CT molecular complexity index is 1150. The minimum atomic E-state index is -0.386. The van der Waals surface area contributed by atoms with Crippen LogP contribution in [-0.2, 0) is 0 Å². The predicted octanol–water partition coefficient (Wildman–Crippen LogP) is 3.98. The van der Waals surface area contributed by atoms with Crippen molar-refractivity contribution in [1.29, 1.82) is 0 Å². The molecule has 4 N–H and O–H groups in total. The topological polar surface area (TPSA) is 167 Å². The summed E-state index contributed by atoms with van der Waals surface area (Å²) in [5, 5.41) is 29.8. The van der Waals surface area contributed by atoms with Crippen molar-refractivity contribution < 1.29 is 29.7 Å². The molecular weight excluding hydrogens is 444 g/mol. The molecule has 2 heterocycles. The molecule has 180 valence electrons. The van der Waals surface area contributed by atoms with Gasteiger partial charge in [0.1, 0.15) is 34.2 Å². The first-order valence-corrected chi connectivity index (χ1v) is 10.6. The van der Waals surface area contributed by atoms with E-state index in [1.54, 1.807) is 0 Å². The number of carbonyl (C=O) groups excluding carboxylic acids is 1. The molecule has 1 atom stereocenters. The number of nitrogens with one attached hydrogen (secondary N) is 1. The van der Waals surface area contributed by atoms with Gasteiger partial charge in [0.25, 0.3) is 5.91 Å². The molecule has 1 aliphatic heterocycles. The fourth-order valence-electron chi connectivity index (χ4n) is 3.90. The maximum atomic E-state index is 12.5. The van der Waals surface area contributed by atoms with Crippen molar-refractivity contribution in [1.82, 2.24) is 15.4 Å². The van der Waals surface area contributed by atoms with Gasteiger partial charge >= 0.3 is 0 Å². The van der Waals surface area contributed by atoms with Crippen LogP contribution in [0.5, 0.6) is 23.0 Å². The van der Waals surface area contributed by atoms with Crippen LogP contribution in [0.15, 0.2) is 52.2 Å². The Morgan fingerprint density at radius 1 is 1.26 bits per heavy atom. The van der Waals surface area contributed by atoms with Gasteiger partial charge in [-0.15, -0.1) is 4.91 Å². The molecule has 1 aliphatic rings. The van der Waals surface area contributed by atoms with Gasteiger partial charge in [0, 0.05) is 30.8 Å². The lowest BCUT2D eigenvalue weighted by atomic mass is 10.1. The normalized spacial score (nSPS) is 15.5. The Kier molecular flexibility index (Phi) is 7.82. The lowest BCUT2D eigenvalue weighted by Gasteiger charge is -2.18. The summed E-state index contributed by atoms with van der Waals surface area (Å²) in [7, 11) is 2.08. The van der Waals surface area contributed by atoms with Gasteiger partial charge in [0.15, 0.2) is 11.5 Å².